The van der Waals surface area contributed by atoms with Crippen LogP contribution in [0.4, 0.5) is 0 Å². The monoisotopic (exact) mass is 237 g/mol. The van der Waals surface area contributed by atoms with Crippen LogP contribution in [-0.2, 0) is 6.42 Å². The summed E-state index contributed by atoms with van der Waals surface area (Å²) in [6, 6.07) is 4.47. The molecule has 1 aliphatic heterocycles. The summed E-state index contributed by atoms with van der Waals surface area (Å²) in [5.41, 5.74) is 0. The van der Waals surface area contributed by atoms with E-state index in [-0.39, 0.29) is 0 Å². The third-order valence-electron chi connectivity index (χ3n) is 3.13. The summed E-state index contributed by atoms with van der Waals surface area (Å²) < 4.78 is 0. The number of hydrogen-bond donors (Lipinski definition) is 1. The first kappa shape index (κ1) is 11.8. The molecule has 1 saturated heterocycles. The van der Waals surface area contributed by atoms with Gasteiger partial charge >= 0.3 is 0 Å². The average Bonchev–Trinajstić information content (AvgIpc) is 2.79. The third-order valence-corrected chi connectivity index (χ3v) is 4.40. The fourth-order valence-electron chi connectivity index (χ4n) is 2.14. The van der Waals surface area contributed by atoms with E-state index in [0.717, 1.165) is 24.3 Å². The predicted octanol–water partition coefficient (Wildman–Crippen LogP) is 3.03. The van der Waals surface area contributed by atoms with Gasteiger partial charge in [-0.2, -0.15) is 0 Å². The van der Waals surface area contributed by atoms with E-state index in [9.17, 15) is 4.79 Å². The summed E-state index contributed by atoms with van der Waals surface area (Å²) in [5.74, 6) is 0.309. The van der Waals surface area contributed by atoms with E-state index >= 15 is 0 Å². The molecular weight excluding hydrogens is 218 g/mol. The molecule has 2 rings (SSSR count). The Morgan fingerprint density at radius 1 is 1.50 bits per heavy atom. The normalized spacial score (nSPS) is 20.9. The van der Waals surface area contributed by atoms with Gasteiger partial charge in [-0.15, -0.1) is 11.3 Å². The van der Waals surface area contributed by atoms with Crippen molar-refractivity contribution in [2.24, 2.45) is 0 Å². The van der Waals surface area contributed by atoms with Crippen LogP contribution in [0, 0.1) is 0 Å². The average molecular weight is 237 g/mol. The van der Waals surface area contributed by atoms with E-state index in [1.807, 2.05) is 6.07 Å². The Morgan fingerprint density at radius 2 is 2.38 bits per heavy atom. The van der Waals surface area contributed by atoms with E-state index in [1.54, 1.807) is 11.3 Å². The Labute approximate surface area is 101 Å². The molecule has 1 aromatic heterocycles. The van der Waals surface area contributed by atoms with E-state index in [2.05, 4.69) is 18.3 Å². The maximum Gasteiger partial charge on any atom is 0.174 e. The largest absolute Gasteiger partial charge is 0.314 e. The molecule has 0 spiro atoms. The number of carbonyl (C=O) groups is 1. The molecule has 0 aliphatic carbocycles. The molecule has 3 heteroatoms. The fraction of sp³-hybridized carbons (Fsp3) is 0.615. The van der Waals surface area contributed by atoms with Crippen LogP contribution >= 0.6 is 11.3 Å². The Morgan fingerprint density at radius 3 is 3.00 bits per heavy atom. The molecule has 1 fully saturated rings. The van der Waals surface area contributed by atoms with E-state index in [4.69, 9.17) is 0 Å². The maximum atomic E-state index is 12.0. The summed E-state index contributed by atoms with van der Waals surface area (Å²) >= 11 is 1.65. The molecule has 0 bridgehead atoms. The predicted molar refractivity (Wildman–Crippen MR) is 68.3 cm³/mol. The molecule has 88 valence electrons. The van der Waals surface area contributed by atoms with Gasteiger partial charge in [-0.3, -0.25) is 4.79 Å². The van der Waals surface area contributed by atoms with E-state index < -0.39 is 0 Å². The van der Waals surface area contributed by atoms with Gasteiger partial charge in [-0.05, 0) is 37.9 Å². The van der Waals surface area contributed by atoms with Crippen molar-refractivity contribution in [2.75, 3.05) is 6.54 Å². The summed E-state index contributed by atoms with van der Waals surface area (Å²) in [5, 5.41) is 3.42. The molecule has 1 aliphatic rings. The highest BCUT2D eigenvalue weighted by Crippen LogP contribution is 2.20. The molecule has 1 unspecified atom stereocenters. The van der Waals surface area contributed by atoms with Gasteiger partial charge in [0, 0.05) is 17.3 Å². The van der Waals surface area contributed by atoms with Crippen molar-refractivity contribution in [3.63, 3.8) is 0 Å². The minimum absolute atomic E-state index is 0.309. The molecule has 0 aromatic carbocycles. The number of aryl methyl sites for hydroxylation is 1. The second-order valence-corrected chi connectivity index (χ2v) is 5.56. The van der Waals surface area contributed by atoms with Gasteiger partial charge in [0.2, 0.25) is 0 Å². The zero-order valence-corrected chi connectivity index (χ0v) is 10.6. The number of rotatable bonds is 4. The molecule has 1 aromatic rings. The fourth-order valence-corrected chi connectivity index (χ4v) is 3.04. The van der Waals surface area contributed by atoms with Crippen LogP contribution in [0.1, 0.15) is 47.2 Å². The molecule has 0 radical (unpaired) electrons. The van der Waals surface area contributed by atoms with E-state index in [1.165, 1.54) is 17.7 Å². The zero-order valence-electron chi connectivity index (χ0n) is 9.79. The molecule has 16 heavy (non-hydrogen) atoms. The SMILES string of the molecule is CCc1ccc(C(=O)CC2CCCCN2)s1. The number of thiophene rings is 1. The van der Waals surface area contributed by atoms with Crippen molar-refractivity contribution in [3.8, 4) is 0 Å². The second kappa shape index (κ2) is 5.60. The third kappa shape index (κ3) is 2.92. The van der Waals surface area contributed by atoms with Crippen LogP contribution in [0.25, 0.3) is 0 Å². The van der Waals surface area contributed by atoms with Gasteiger partial charge in [0.15, 0.2) is 5.78 Å². The number of carbonyl (C=O) groups excluding carboxylic acids is 1. The van der Waals surface area contributed by atoms with Crippen LogP contribution in [0.3, 0.4) is 0 Å². The lowest BCUT2D eigenvalue weighted by Crippen LogP contribution is -2.35. The Bertz CT molecular complexity index is 353. The lowest BCUT2D eigenvalue weighted by molar-refractivity contribution is 0.0967. The van der Waals surface area contributed by atoms with Gasteiger partial charge in [0.05, 0.1) is 4.88 Å². The Balaban J connectivity index is 1.91. The number of hydrogen-bond acceptors (Lipinski definition) is 3. The first-order valence-electron chi connectivity index (χ1n) is 6.15. The highest BCUT2D eigenvalue weighted by molar-refractivity contribution is 7.14. The summed E-state index contributed by atoms with van der Waals surface area (Å²) in [4.78, 5) is 14.3. The van der Waals surface area contributed by atoms with Crippen molar-refractivity contribution in [1.82, 2.24) is 5.32 Å². The Hall–Kier alpha value is -0.670. The highest BCUT2D eigenvalue weighted by atomic mass is 32.1. The summed E-state index contributed by atoms with van der Waals surface area (Å²) in [6.45, 7) is 3.20. The number of ketones is 1. The molecule has 0 saturated carbocycles. The molecule has 2 heterocycles. The second-order valence-electron chi connectivity index (χ2n) is 4.39. The lowest BCUT2D eigenvalue weighted by Gasteiger charge is -2.22. The first-order chi connectivity index (χ1) is 7.79. The minimum atomic E-state index is 0.309. The summed E-state index contributed by atoms with van der Waals surface area (Å²) in [6.07, 6.45) is 5.36. The van der Waals surface area contributed by atoms with Crippen LogP contribution in [-0.4, -0.2) is 18.4 Å². The maximum absolute atomic E-state index is 12.0. The Kier molecular flexibility index (Phi) is 4.13. The van der Waals surface area contributed by atoms with Crippen molar-refractivity contribution in [3.05, 3.63) is 21.9 Å². The lowest BCUT2D eigenvalue weighted by atomic mass is 9.99. The van der Waals surface area contributed by atoms with Crippen LogP contribution in [0.5, 0.6) is 0 Å². The van der Waals surface area contributed by atoms with Gasteiger partial charge in [-0.25, -0.2) is 0 Å². The smallest absolute Gasteiger partial charge is 0.174 e. The topological polar surface area (TPSA) is 29.1 Å². The molecule has 0 amide bonds. The standard InChI is InChI=1S/C13H19NOS/c1-2-11-6-7-13(16-11)12(15)9-10-5-3-4-8-14-10/h6-7,10,14H,2-5,8-9H2,1H3. The van der Waals surface area contributed by atoms with Crippen LogP contribution in [0.15, 0.2) is 12.1 Å². The van der Waals surface area contributed by atoms with Crippen molar-refractivity contribution in [2.45, 2.75) is 45.1 Å². The number of Topliss-reactive ketones (excluding diaryl/α,β-unsaturated/α-hetero) is 1. The molecule has 1 N–H and O–H groups in total. The first-order valence-corrected chi connectivity index (χ1v) is 6.96. The van der Waals surface area contributed by atoms with Gasteiger partial charge < -0.3 is 5.32 Å². The zero-order chi connectivity index (χ0) is 11.4. The van der Waals surface area contributed by atoms with Gasteiger partial charge in [0.25, 0.3) is 0 Å². The summed E-state index contributed by atoms with van der Waals surface area (Å²) in [7, 11) is 0. The minimum Gasteiger partial charge on any atom is -0.314 e. The molecule has 1 atom stereocenters. The van der Waals surface area contributed by atoms with Crippen molar-refractivity contribution < 1.29 is 4.79 Å². The molecular formula is C13H19NOS. The highest BCUT2D eigenvalue weighted by Gasteiger charge is 2.18. The van der Waals surface area contributed by atoms with Crippen LogP contribution in [0.2, 0.25) is 0 Å². The quantitative estimate of drug-likeness (QED) is 0.816. The van der Waals surface area contributed by atoms with Gasteiger partial charge in [-0.1, -0.05) is 13.3 Å². The van der Waals surface area contributed by atoms with E-state index in [0.29, 0.717) is 18.2 Å². The van der Waals surface area contributed by atoms with Crippen LogP contribution < -0.4 is 5.32 Å². The van der Waals surface area contributed by atoms with Crippen molar-refractivity contribution in [1.29, 1.82) is 0 Å². The van der Waals surface area contributed by atoms with Crippen molar-refractivity contribution >= 4 is 17.1 Å². The number of nitrogens with one attached hydrogen (secondary N) is 1. The van der Waals surface area contributed by atoms with Gasteiger partial charge in [0.1, 0.15) is 0 Å². The number of piperidine rings is 1. The molecule has 2 nitrogen and oxygen atoms in total.